The van der Waals surface area contributed by atoms with Crippen LogP contribution in [0.25, 0.3) is 0 Å². The predicted molar refractivity (Wildman–Crippen MR) is 72.1 cm³/mol. The summed E-state index contributed by atoms with van der Waals surface area (Å²) < 4.78 is 5.93. The molecule has 0 saturated heterocycles. The highest BCUT2D eigenvalue weighted by Gasteiger charge is 2.21. The highest BCUT2D eigenvalue weighted by atomic mass is 79.9. The summed E-state index contributed by atoms with van der Waals surface area (Å²) in [5.41, 5.74) is 0.857. The summed E-state index contributed by atoms with van der Waals surface area (Å²) in [6.07, 6.45) is 0.397. The smallest absolute Gasteiger partial charge is 0.407 e. The number of benzene rings is 1. The summed E-state index contributed by atoms with van der Waals surface area (Å²) in [7, 11) is 0. The average molecular weight is 300 g/mol. The van der Waals surface area contributed by atoms with E-state index < -0.39 is 0 Å². The first-order valence-corrected chi connectivity index (χ1v) is 6.41. The fourth-order valence-corrected chi connectivity index (χ4v) is 1.86. The molecular weight excluding hydrogens is 282 g/mol. The first-order chi connectivity index (χ1) is 7.93. The Hall–Kier alpha value is -1.03. The van der Waals surface area contributed by atoms with Gasteiger partial charge in [-0.25, -0.2) is 4.79 Å². The zero-order valence-corrected chi connectivity index (χ0v) is 12.0. The van der Waals surface area contributed by atoms with Crippen LogP contribution >= 0.6 is 15.9 Å². The largest absolute Gasteiger partial charge is 0.450 e. The first kappa shape index (κ1) is 14.0. The Morgan fingerprint density at radius 3 is 2.47 bits per heavy atom. The van der Waals surface area contributed by atoms with Crippen molar-refractivity contribution in [1.82, 2.24) is 5.32 Å². The lowest BCUT2D eigenvalue weighted by Crippen LogP contribution is -2.45. The maximum atomic E-state index is 11.4. The lowest BCUT2D eigenvalue weighted by atomic mass is 9.95. The molecule has 0 heterocycles. The van der Waals surface area contributed by atoms with Crippen LogP contribution in [0.3, 0.4) is 0 Å². The first-order valence-electron chi connectivity index (χ1n) is 5.62. The van der Waals surface area contributed by atoms with E-state index in [1.54, 1.807) is 6.92 Å². The Morgan fingerprint density at radius 1 is 1.35 bits per heavy atom. The minimum atomic E-state index is -0.366. The Labute approximate surface area is 111 Å². The summed E-state index contributed by atoms with van der Waals surface area (Å²) in [6, 6.07) is 8.07. The molecule has 0 atom stereocenters. The summed E-state index contributed by atoms with van der Waals surface area (Å²) in [5.74, 6) is 0. The second-order valence-electron chi connectivity index (χ2n) is 4.53. The number of alkyl carbamates (subject to hydrolysis) is 1. The van der Waals surface area contributed by atoms with E-state index in [0.29, 0.717) is 6.61 Å². The number of amides is 1. The van der Waals surface area contributed by atoms with Gasteiger partial charge in [0.1, 0.15) is 0 Å². The number of carbonyl (C=O) groups excluding carboxylic acids is 1. The molecular formula is C13H18BrNO2. The number of hydrogen-bond donors (Lipinski definition) is 1. The molecule has 0 bridgehead atoms. The van der Waals surface area contributed by atoms with Crippen molar-refractivity contribution in [3.05, 3.63) is 34.3 Å². The third-order valence-corrected chi connectivity index (χ3v) is 2.80. The molecule has 17 heavy (non-hydrogen) atoms. The highest BCUT2D eigenvalue weighted by molar-refractivity contribution is 9.10. The van der Waals surface area contributed by atoms with Crippen LogP contribution < -0.4 is 5.32 Å². The predicted octanol–water partition coefficient (Wildman–Crippen LogP) is 3.52. The molecule has 0 unspecified atom stereocenters. The Balaban J connectivity index is 2.59. The van der Waals surface area contributed by atoms with Gasteiger partial charge >= 0.3 is 6.09 Å². The molecule has 0 aromatic heterocycles. The Bertz CT molecular complexity index is 374. The Morgan fingerprint density at radius 2 is 1.94 bits per heavy atom. The van der Waals surface area contributed by atoms with Gasteiger partial charge in [-0.1, -0.05) is 28.1 Å². The number of nitrogens with one attached hydrogen (secondary N) is 1. The number of carbonyl (C=O) groups is 1. The zero-order valence-electron chi connectivity index (χ0n) is 10.4. The standard InChI is InChI=1S/C13H18BrNO2/c1-4-17-12(16)15-13(2,3)9-10-5-7-11(14)8-6-10/h5-8H,4,9H2,1-3H3,(H,15,16). The minimum absolute atomic E-state index is 0.319. The van der Waals surface area contributed by atoms with Crippen LogP contribution in [0.4, 0.5) is 4.79 Å². The maximum Gasteiger partial charge on any atom is 0.407 e. The molecule has 0 aliphatic rings. The van der Waals surface area contributed by atoms with Gasteiger partial charge in [0.25, 0.3) is 0 Å². The van der Waals surface area contributed by atoms with E-state index in [-0.39, 0.29) is 11.6 Å². The van der Waals surface area contributed by atoms with Crippen LogP contribution in [0.5, 0.6) is 0 Å². The van der Waals surface area contributed by atoms with Crippen molar-refractivity contribution < 1.29 is 9.53 Å². The molecule has 94 valence electrons. The highest BCUT2D eigenvalue weighted by Crippen LogP contribution is 2.16. The van der Waals surface area contributed by atoms with Crippen molar-refractivity contribution in [2.45, 2.75) is 32.7 Å². The van der Waals surface area contributed by atoms with Crippen molar-refractivity contribution in [3.63, 3.8) is 0 Å². The van der Waals surface area contributed by atoms with Gasteiger partial charge in [0, 0.05) is 10.0 Å². The normalized spacial score (nSPS) is 11.1. The van der Waals surface area contributed by atoms with Crippen molar-refractivity contribution in [2.75, 3.05) is 6.61 Å². The second kappa shape index (κ2) is 6.05. The van der Waals surface area contributed by atoms with E-state index >= 15 is 0 Å². The molecule has 0 spiro atoms. The van der Waals surface area contributed by atoms with E-state index in [9.17, 15) is 4.79 Å². The molecule has 0 fully saturated rings. The lowest BCUT2D eigenvalue weighted by Gasteiger charge is -2.25. The SMILES string of the molecule is CCOC(=O)NC(C)(C)Cc1ccc(Br)cc1. The van der Waals surface area contributed by atoms with Crippen molar-refractivity contribution in [2.24, 2.45) is 0 Å². The summed E-state index contributed by atoms with van der Waals surface area (Å²) in [5, 5.41) is 2.85. The maximum absolute atomic E-state index is 11.4. The van der Waals surface area contributed by atoms with Crippen LogP contribution in [-0.2, 0) is 11.2 Å². The molecule has 1 aromatic rings. The number of rotatable bonds is 4. The van der Waals surface area contributed by atoms with Gasteiger partial charge in [-0.05, 0) is 44.9 Å². The molecule has 0 aliphatic heterocycles. The topological polar surface area (TPSA) is 38.3 Å². The molecule has 0 radical (unpaired) electrons. The fourth-order valence-electron chi connectivity index (χ4n) is 1.60. The zero-order chi connectivity index (χ0) is 12.9. The molecule has 1 aromatic carbocycles. The van der Waals surface area contributed by atoms with E-state index in [4.69, 9.17) is 4.74 Å². The van der Waals surface area contributed by atoms with E-state index in [1.807, 2.05) is 38.1 Å². The fraction of sp³-hybridized carbons (Fsp3) is 0.462. The monoisotopic (exact) mass is 299 g/mol. The molecule has 1 rings (SSSR count). The molecule has 1 amide bonds. The number of hydrogen-bond acceptors (Lipinski definition) is 2. The van der Waals surface area contributed by atoms with Crippen molar-refractivity contribution in [3.8, 4) is 0 Å². The molecule has 0 aliphatic carbocycles. The Kier molecular flexibility index (Phi) is 5.00. The number of halogens is 1. The van der Waals surface area contributed by atoms with Gasteiger partial charge in [-0.2, -0.15) is 0 Å². The van der Waals surface area contributed by atoms with Crippen LogP contribution in [-0.4, -0.2) is 18.2 Å². The molecule has 1 N–H and O–H groups in total. The van der Waals surface area contributed by atoms with E-state index in [1.165, 1.54) is 5.56 Å². The number of ether oxygens (including phenoxy) is 1. The van der Waals surface area contributed by atoms with Crippen LogP contribution in [0.2, 0.25) is 0 Å². The van der Waals surface area contributed by atoms with Crippen LogP contribution in [0, 0.1) is 0 Å². The van der Waals surface area contributed by atoms with Gasteiger partial charge in [-0.3, -0.25) is 0 Å². The second-order valence-corrected chi connectivity index (χ2v) is 5.45. The molecule has 0 saturated carbocycles. The average Bonchev–Trinajstić information content (AvgIpc) is 2.20. The lowest BCUT2D eigenvalue weighted by molar-refractivity contribution is 0.141. The minimum Gasteiger partial charge on any atom is -0.450 e. The van der Waals surface area contributed by atoms with Gasteiger partial charge in [0.2, 0.25) is 0 Å². The van der Waals surface area contributed by atoms with Crippen LogP contribution in [0.15, 0.2) is 28.7 Å². The molecule has 3 nitrogen and oxygen atoms in total. The summed E-state index contributed by atoms with van der Waals surface area (Å²) >= 11 is 3.40. The summed E-state index contributed by atoms with van der Waals surface area (Å²) in [4.78, 5) is 11.4. The van der Waals surface area contributed by atoms with Gasteiger partial charge < -0.3 is 10.1 Å². The van der Waals surface area contributed by atoms with Crippen LogP contribution in [0.1, 0.15) is 26.3 Å². The van der Waals surface area contributed by atoms with Gasteiger partial charge in [-0.15, -0.1) is 0 Å². The summed E-state index contributed by atoms with van der Waals surface area (Å²) in [6.45, 7) is 6.14. The third-order valence-electron chi connectivity index (χ3n) is 2.28. The van der Waals surface area contributed by atoms with E-state index in [0.717, 1.165) is 10.9 Å². The van der Waals surface area contributed by atoms with Crippen molar-refractivity contribution in [1.29, 1.82) is 0 Å². The van der Waals surface area contributed by atoms with Gasteiger partial charge in [0.15, 0.2) is 0 Å². The third kappa shape index (κ3) is 5.22. The van der Waals surface area contributed by atoms with Crippen molar-refractivity contribution >= 4 is 22.0 Å². The quantitative estimate of drug-likeness (QED) is 0.924. The van der Waals surface area contributed by atoms with E-state index in [2.05, 4.69) is 21.2 Å². The molecule has 4 heteroatoms. The van der Waals surface area contributed by atoms with Gasteiger partial charge in [0.05, 0.1) is 6.61 Å².